The Hall–Kier alpha value is -1.69. The maximum atomic E-state index is 12.2. The molecule has 6 nitrogen and oxygen atoms in total. The van der Waals surface area contributed by atoms with E-state index in [4.69, 9.17) is 0 Å². The molecule has 3 rings (SSSR count). The number of carbonyl (C=O) groups is 1. The Bertz CT molecular complexity index is 462. The monoisotopic (exact) mass is 275 g/mol. The van der Waals surface area contributed by atoms with Gasteiger partial charge in [0.25, 0.3) is 0 Å². The van der Waals surface area contributed by atoms with Gasteiger partial charge in [0.15, 0.2) is 0 Å². The van der Waals surface area contributed by atoms with Gasteiger partial charge >= 0.3 is 0 Å². The topological polar surface area (TPSA) is 65.1 Å². The molecule has 2 heterocycles. The molecule has 1 fully saturated rings. The number of amides is 1. The van der Waals surface area contributed by atoms with Crippen LogP contribution in [0.4, 0.5) is 0 Å². The van der Waals surface area contributed by atoms with Crippen LogP contribution >= 0.6 is 0 Å². The zero-order valence-electron chi connectivity index (χ0n) is 11.7. The van der Waals surface area contributed by atoms with Gasteiger partial charge in [0.2, 0.25) is 5.91 Å². The Morgan fingerprint density at radius 2 is 2.20 bits per heavy atom. The second-order valence-corrected chi connectivity index (χ2v) is 5.56. The summed E-state index contributed by atoms with van der Waals surface area (Å²) in [7, 11) is 0. The van der Waals surface area contributed by atoms with Crippen molar-refractivity contribution in [3.8, 4) is 0 Å². The lowest BCUT2D eigenvalue weighted by atomic mass is 10.0. The number of allylic oxidation sites excluding steroid dienone is 2. The molecule has 1 aromatic heterocycles. The fourth-order valence-electron chi connectivity index (χ4n) is 2.89. The molecule has 0 spiro atoms. The van der Waals surface area contributed by atoms with Crippen LogP contribution in [0.2, 0.25) is 0 Å². The summed E-state index contributed by atoms with van der Waals surface area (Å²) in [5.41, 5.74) is 0. The molecule has 1 N–H and O–H groups in total. The molecule has 1 aliphatic heterocycles. The number of nitrogens with one attached hydrogen (secondary N) is 1. The molecule has 20 heavy (non-hydrogen) atoms. The van der Waals surface area contributed by atoms with Crippen molar-refractivity contribution in [2.45, 2.75) is 25.8 Å². The summed E-state index contributed by atoms with van der Waals surface area (Å²) in [6.45, 7) is 4.25. The summed E-state index contributed by atoms with van der Waals surface area (Å²) in [5, 5.41) is 6.73. The minimum Gasteiger partial charge on any atom is -0.340 e. The average molecular weight is 275 g/mol. The van der Waals surface area contributed by atoms with Crippen LogP contribution in [0.15, 0.2) is 18.5 Å². The number of hydrogen-bond acceptors (Lipinski definition) is 4. The number of carbonyl (C=O) groups excluding carboxylic acids is 1. The van der Waals surface area contributed by atoms with Gasteiger partial charge in [-0.15, -0.1) is 0 Å². The first-order valence-electron chi connectivity index (χ1n) is 7.32. The molecule has 0 unspecified atom stereocenters. The fraction of sp³-hybridized carbons (Fsp3) is 0.643. The van der Waals surface area contributed by atoms with Gasteiger partial charge < -0.3 is 4.90 Å². The van der Waals surface area contributed by atoms with E-state index in [1.54, 1.807) is 0 Å². The zero-order chi connectivity index (χ0) is 13.8. The summed E-state index contributed by atoms with van der Waals surface area (Å²) in [6.07, 6.45) is 8.86. The normalized spacial score (nSPS) is 23.4. The van der Waals surface area contributed by atoms with E-state index in [1.807, 2.05) is 4.90 Å². The Balaban J connectivity index is 1.43. The molecule has 1 atom stereocenters. The van der Waals surface area contributed by atoms with Crippen molar-refractivity contribution < 1.29 is 4.79 Å². The molecule has 0 radical (unpaired) electrons. The highest BCUT2D eigenvalue weighted by Crippen LogP contribution is 2.21. The molecule has 108 valence electrons. The van der Waals surface area contributed by atoms with E-state index in [-0.39, 0.29) is 0 Å². The third-order valence-electron chi connectivity index (χ3n) is 4.11. The lowest BCUT2D eigenvalue weighted by Gasteiger charge is -2.34. The molecule has 1 amide bonds. The summed E-state index contributed by atoms with van der Waals surface area (Å²) >= 11 is 0. The van der Waals surface area contributed by atoms with Gasteiger partial charge in [-0.2, -0.15) is 5.10 Å². The third kappa shape index (κ3) is 3.25. The standard InChI is InChI=1S/C14H21N5O/c20-14(9-12-3-1-2-4-12)19-7-5-18(6-8-19)10-13-15-11-16-17-13/h1,3,11-12H,2,4-10H2,(H,15,16,17)/t12-/m1/s1. The molecule has 1 aliphatic carbocycles. The molecule has 2 aliphatic rings. The largest absolute Gasteiger partial charge is 0.340 e. The maximum absolute atomic E-state index is 12.2. The van der Waals surface area contributed by atoms with Gasteiger partial charge in [0, 0.05) is 32.6 Å². The van der Waals surface area contributed by atoms with Crippen LogP contribution in [0.3, 0.4) is 0 Å². The number of piperazine rings is 1. The maximum Gasteiger partial charge on any atom is 0.223 e. The molecule has 6 heteroatoms. The van der Waals surface area contributed by atoms with Crippen molar-refractivity contribution in [1.29, 1.82) is 0 Å². The first kappa shape index (κ1) is 13.3. The first-order chi connectivity index (χ1) is 9.81. The molecular formula is C14H21N5O. The van der Waals surface area contributed by atoms with Gasteiger partial charge in [0.05, 0.1) is 6.54 Å². The van der Waals surface area contributed by atoms with Crippen LogP contribution < -0.4 is 0 Å². The molecule has 0 saturated carbocycles. The van der Waals surface area contributed by atoms with Crippen molar-refractivity contribution in [2.75, 3.05) is 26.2 Å². The quantitative estimate of drug-likeness (QED) is 0.826. The van der Waals surface area contributed by atoms with Gasteiger partial charge in [-0.1, -0.05) is 12.2 Å². The number of nitrogens with zero attached hydrogens (tertiary/aromatic N) is 4. The smallest absolute Gasteiger partial charge is 0.223 e. The van der Waals surface area contributed by atoms with Crippen LogP contribution in [0.25, 0.3) is 0 Å². The van der Waals surface area contributed by atoms with Gasteiger partial charge in [-0.05, 0) is 18.8 Å². The highest BCUT2D eigenvalue weighted by atomic mass is 16.2. The number of rotatable bonds is 4. The number of hydrogen-bond donors (Lipinski definition) is 1. The zero-order valence-corrected chi connectivity index (χ0v) is 11.7. The van der Waals surface area contributed by atoms with E-state index in [0.29, 0.717) is 18.2 Å². The highest BCUT2D eigenvalue weighted by molar-refractivity contribution is 5.76. The predicted octanol–water partition coefficient (Wildman–Crippen LogP) is 0.805. The van der Waals surface area contributed by atoms with E-state index >= 15 is 0 Å². The number of aromatic amines is 1. The minimum absolute atomic E-state index is 0.306. The summed E-state index contributed by atoms with van der Waals surface area (Å²) in [5.74, 6) is 1.66. The molecule has 1 saturated heterocycles. The molecular weight excluding hydrogens is 254 g/mol. The predicted molar refractivity (Wildman–Crippen MR) is 74.7 cm³/mol. The number of aromatic nitrogens is 3. The Morgan fingerprint density at radius 1 is 1.35 bits per heavy atom. The van der Waals surface area contributed by atoms with Gasteiger partial charge in [0.1, 0.15) is 12.2 Å². The summed E-state index contributed by atoms with van der Waals surface area (Å²) in [6, 6.07) is 0. The van der Waals surface area contributed by atoms with Crippen molar-refractivity contribution in [3.05, 3.63) is 24.3 Å². The lowest BCUT2D eigenvalue weighted by molar-refractivity contribution is -0.133. The third-order valence-corrected chi connectivity index (χ3v) is 4.11. The average Bonchev–Trinajstić information content (AvgIpc) is 3.13. The summed E-state index contributed by atoms with van der Waals surface area (Å²) in [4.78, 5) is 20.7. The minimum atomic E-state index is 0.306. The molecule has 0 aromatic carbocycles. The van der Waals surface area contributed by atoms with E-state index in [9.17, 15) is 4.79 Å². The Labute approximate surface area is 118 Å². The first-order valence-corrected chi connectivity index (χ1v) is 7.32. The molecule has 1 aromatic rings. The van der Waals surface area contributed by atoms with Crippen molar-refractivity contribution in [2.24, 2.45) is 5.92 Å². The van der Waals surface area contributed by atoms with Crippen molar-refractivity contribution in [1.82, 2.24) is 25.0 Å². The van der Waals surface area contributed by atoms with E-state index < -0.39 is 0 Å². The number of H-pyrrole nitrogens is 1. The SMILES string of the molecule is O=C(C[C@@H]1C=CCC1)N1CCN(Cc2ncn[nH]2)CC1. The second kappa shape index (κ2) is 6.17. The van der Waals surface area contributed by atoms with E-state index in [2.05, 4.69) is 32.2 Å². The van der Waals surface area contributed by atoms with Crippen molar-refractivity contribution >= 4 is 5.91 Å². The Kier molecular flexibility index (Phi) is 4.11. The summed E-state index contributed by atoms with van der Waals surface area (Å²) < 4.78 is 0. The van der Waals surface area contributed by atoms with Gasteiger partial charge in [-0.3, -0.25) is 14.8 Å². The van der Waals surface area contributed by atoms with Crippen molar-refractivity contribution in [3.63, 3.8) is 0 Å². The van der Waals surface area contributed by atoms with Gasteiger partial charge in [-0.25, -0.2) is 4.98 Å². The van der Waals surface area contributed by atoms with Crippen LogP contribution in [-0.4, -0.2) is 57.1 Å². The van der Waals surface area contributed by atoms with Crippen LogP contribution in [-0.2, 0) is 11.3 Å². The lowest BCUT2D eigenvalue weighted by Crippen LogP contribution is -2.48. The van der Waals surface area contributed by atoms with E-state index in [0.717, 1.165) is 51.4 Å². The Morgan fingerprint density at radius 3 is 2.85 bits per heavy atom. The van der Waals surface area contributed by atoms with Crippen LogP contribution in [0.1, 0.15) is 25.1 Å². The fourth-order valence-corrected chi connectivity index (χ4v) is 2.89. The van der Waals surface area contributed by atoms with Crippen LogP contribution in [0, 0.1) is 5.92 Å². The second-order valence-electron chi connectivity index (χ2n) is 5.56. The van der Waals surface area contributed by atoms with E-state index in [1.165, 1.54) is 6.33 Å². The van der Waals surface area contributed by atoms with Crippen LogP contribution in [0.5, 0.6) is 0 Å². The highest BCUT2D eigenvalue weighted by Gasteiger charge is 2.23. The molecule has 0 bridgehead atoms.